The summed E-state index contributed by atoms with van der Waals surface area (Å²) in [5.41, 5.74) is -0.106. The molecule has 7 heteroatoms. The lowest BCUT2D eigenvalue weighted by Gasteiger charge is -2.17. The van der Waals surface area contributed by atoms with Gasteiger partial charge in [0.2, 0.25) is 0 Å². The third kappa shape index (κ3) is 3.09. The Morgan fingerprint density at radius 3 is 2.46 bits per heavy atom. The first-order valence-corrected chi connectivity index (χ1v) is 7.57. The van der Waals surface area contributed by atoms with Crippen molar-refractivity contribution in [3.8, 4) is 0 Å². The Balaban J connectivity index is 1.97. The molecule has 1 aliphatic rings. The maximum atomic E-state index is 12.0. The molecular weight excluding hydrogens is 312 g/mol. The molecule has 0 unspecified atom stereocenters. The Bertz CT molecular complexity index is 855. The first kappa shape index (κ1) is 16.4. The topological polar surface area (TPSA) is 105 Å². The van der Waals surface area contributed by atoms with Crippen molar-refractivity contribution in [2.24, 2.45) is 0 Å². The molecule has 3 N–H and O–H groups in total. The van der Waals surface area contributed by atoms with Gasteiger partial charge in [0.1, 0.15) is 12.2 Å². The van der Waals surface area contributed by atoms with Gasteiger partial charge in [-0.3, -0.25) is 14.3 Å². The summed E-state index contributed by atoms with van der Waals surface area (Å²) < 4.78 is 6.51. The zero-order valence-corrected chi connectivity index (χ0v) is 13.0. The average molecular weight is 330 g/mol. The van der Waals surface area contributed by atoms with Gasteiger partial charge in [-0.1, -0.05) is 36.4 Å². The van der Waals surface area contributed by atoms with Crippen molar-refractivity contribution in [3.05, 3.63) is 68.5 Å². The molecular formula is C17H18N2O5. The lowest BCUT2D eigenvalue weighted by molar-refractivity contribution is -0.0351. The molecule has 3 rings (SSSR count). The van der Waals surface area contributed by atoms with Gasteiger partial charge in [-0.25, -0.2) is 4.79 Å². The van der Waals surface area contributed by atoms with Gasteiger partial charge in [0.15, 0.2) is 6.23 Å². The largest absolute Gasteiger partial charge is 0.388 e. The van der Waals surface area contributed by atoms with Gasteiger partial charge in [-0.15, -0.1) is 0 Å². The molecule has 0 spiro atoms. The van der Waals surface area contributed by atoms with Crippen molar-refractivity contribution in [1.82, 2.24) is 9.55 Å². The molecule has 1 fully saturated rings. The van der Waals surface area contributed by atoms with E-state index in [4.69, 9.17) is 4.74 Å². The van der Waals surface area contributed by atoms with Crippen LogP contribution in [0.25, 0.3) is 12.2 Å². The van der Waals surface area contributed by atoms with Crippen LogP contribution in [0.5, 0.6) is 0 Å². The van der Waals surface area contributed by atoms with Crippen molar-refractivity contribution in [2.75, 3.05) is 0 Å². The quantitative estimate of drug-likeness (QED) is 0.753. The first-order chi connectivity index (χ1) is 11.5. The van der Waals surface area contributed by atoms with Crippen molar-refractivity contribution in [2.45, 2.75) is 31.5 Å². The van der Waals surface area contributed by atoms with Gasteiger partial charge < -0.3 is 14.9 Å². The predicted octanol–water partition coefficient (Wildman–Crippen LogP) is 0.346. The zero-order chi connectivity index (χ0) is 17.3. The highest BCUT2D eigenvalue weighted by Gasteiger charge is 2.41. The average Bonchev–Trinajstić information content (AvgIpc) is 2.82. The monoisotopic (exact) mass is 330 g/mol. The van der Waals surface area contributed by atoms with Gasteiger partial charge in [0.25, 0.3) is 5.56 Å². The number of nitrogens with one attached hydrogen (secondary N) is 1. The lowest BCUT2D eigenvalue weighted by Crippen LogP contribution is -2.38. The van der Waals surface area contributed by atoms with Crippen molar-refractivity contribution in [1.29, 1.82) is 0 Å². The fourth-order valence-electron chi connectivity index (χ4n) is 2.62. The number of aromatic amines is 1. The smallest absolute Gasteiger partial charge is 0.330 e. The van der Waals surface area contributed by atoms with E-state index >= 15 is 0 Å². The molecule has 1 saturated heterocycles. The number of hydrogen-bond acceptors (Lipinski definition) is 5. The second-order valence-corrected chi connectivity index (χ2v) is 5.71. The van der Waals surface area contributed by atoms with Crippen molar-refractivity contribution in [3.63, 3.8) is 0 Å². The second-order valence-electron chi connectivity index (χ2n) is 5.71. The van der Waals surface area contributed by atoms with Crippen molar-refractivity contribution < 1.29 is 14.9 Å². The number of aliphatic hydroxyl groups is 2. The number of nitrogens with zero attached hydrogens (tertiary/aromatic N) is 1. The summed E-state index contributed by atoms with van der Waals surface area (Å²) in [7, 11) is 0. The predicted molar refractivity (Wildman–Crippen MR) is 88.3 cm³/mol. The summed E-state index contributed by atoms with van der Waals surface area (Å²) in [5, 5.41) is 19.8. The molecule has 0 aliphatic carbocycles. The maximum absolute atomic E-state index is 12.0. The number of H-pyrrole nitrogens is 1. The van der Waals surface area contributed by atoms with Gasteiger partial charge >= 0.3 is 5.69 Å². The summed E-state index contributed by atoms with van der Waals surface area (Å²) >= 11 is 0. The fourth-order valence-corrected chi connectivity index (χ4v) is 2.62. The standard InChI is InChI=1S/C17H18N2O5/c1-10-13(20)14(21)16(24-10)19-9-12(15(22)18-17(19)23)8-7-11-5-3-2-4-6-11/h2-10,13-14,16,20-21H,1H3,(H,18,22,23)/b8-7+/t10-,13-,14-,16-/m1/s1. The minimum Gasteiger partial charge on any atom is -0.388 e. The number of hydrogen-bond donors (Lipinski definition) is 3. The summed E-state index contributed by atoms with van der Waals surface area (Å²) in [4.78, 5) is 26.2. The maximum Gasteiger partial charge on any atom is 0.330 e. The number of ether oxygens (including phenoxy) is 1. The van der Waals surface area contributed by atoms with Gasteiger partial charge in [0.05, 0.1) is 11.7 Å². The summed E-state index contributed by atoms with van der Waals surface area (Å²) in [6.07, 6.45) is 0.606. The minimum atomic E-state index is -1.26. The van der Waals surface area contributed by atoms with E-state index in [1.54, 1.807) is 19.1 Å². The van der Waals surface area contributed by atoms with Crippen LogP contribution < -0.4 is 11.2 Å². The summed E-state index contributed by atoms with van der Waals surface area (Å²) in [5.74, 6) is 0. The van der Waals surface area contributed by atoms with E-state index in [0.29, 0.717) is 0 Å². The van der Waals surface area contributed by atoms with E-state index in [9.17, 15) is 19.8 Å². The van der Waals surface area contributed by atoms with Crippen LogP contribution in [0.15, 0.2) is 46.1 Å². The fraction of sp³-hybridized carbons (Fsp3) is 0.294. The van der Waals surface area contributed by atoms with Crippen LogP contribution in [0, 0.1) is 0 Å². The van der Waals surface area contributed by atoms with E-state index in [1.807, 2.05) is 30.3 Å². The van der Waals surface area contributed by atoms with E-state index in [1.165, 1.54) is 6.20 Å². The van der Waals surface area contributed by atoms with Crippen LogP contribution in [-0.2, 0) is 4.74 Å². The van der Waals surface area contributed by atoms with Gasteiger partial charge in [-0.05, 0) is 18.6 Å². The molecule has 0 bridgehead atoms. The normalized spacial score (nSPS) is 27.0. The SMILES string of the molecule is C[C@H]1O[C@@H](n2cc(/C=C/c3ccccc3)c(=O)[nH]c2=O)[C@H](O)[C@@H]1O. The number of aromatic nitrogens is 2. The van der Waals surface area contributed by atoms with E-state index in [-0.39, 0.29) is 5.56 Å². The molecule has 0 amide bonds. The summed E-state index contributed by atoms with van der Waals surface area (Å²) in [6, 6.07) is 9.38. The Labute approximate surface area is 137 Å². The van der Waals surface area contributed by atoms with Crippen molar-refractivity contribution >= 4 is 12.2 Å². The van der Waals surface area contributed by atoms with Crippen LogP contribution >= 0.6 is 0 Å². The Morgan fingerprint density at radius 1 is 1.12 bits per heavy atom. The highest BCUT2D eigenvalue weighted by atomic mass is 16.6. The van der Waals surface area contributed by atoms with E-state index in [0.717, 1.165) is 10.1 Å². The Kier molecular flexibility index (Phi) is 4.48. The molecule has 1 aromatic carbocycles. The molecule has 2 aromatic rings. The molecule has 7 nitrogen and oxygen atoms in total. The van der Waals surface area contributed by atoms with Crippen LogP contribution in [0.1, 0.15) is 24.3 Å². The number of benzene rings is 1. The van der Waals surface area contributed by atoms with E-state index < -0.39 is 35.8 Å². The summed E-state index contributed by atoms with van der Waals surface area (Å²) in [6.45, 7) is 1.60. The molecule has 0 saturated carbocycles. The molecule has 4 atom stereocenters. The Morgan fingerprint density at radius 2 is 1.83 bits per heavy atom. The highest BCUT2D eigenvalue weighted by Crippen LogP contribution is 2.27. The van der Waals surface area contributed by atoms with Gasteiger partial charge in [0, 0.05) is 6.20 Å². The Hall–Kier alpha value is -2.48. The lowest BCUT2D eigenvalue weighted by atomic mass is 10.1. The second kappa shape index (κ2) is 6.56. The van der Waals surface area contributed by atoms with Crippen LogP contribution in [0.2, 0.25) is 0 Å². The molecule has 2 heterocycles. The zero-order valence-electron chi connectivity index (χ0n) is 13.0. The minimum absolute atomic E-state index is 0.239. The third-order valence-corrected chi connectivity index (χ3v) is 4.00. The molecule has 1 aliphatic heterocycles. The van der Waals surface area contributed by atoms with Gasteiger partial charge in [-0.2, -0.15) is 0 Å². The first-order valence-electron chi connectivity index (χ1n) is 7.57. The van der Waals surface area contributed by atoms with Crippen LogP contribution in [0.3, 0.4) is 0 Å². The van der Waals surface area contributed by atoms with Crippen LogP contribution in [-0.4, -0.2) is 38.1 Å². The van der Waals surface area contributed by atoms with Crippen LogP contribution in [0.4, 0.5) is 0 Å². The van der Waals surface area contributed by atoms with E-state index in [2.05, 4.69) is 4.98 Å². The number of rotatable bonds is 3. The molecule has 24 heavy (non-hydrogen) atoms. The molecule has 0 radical (unpaired) electrons. The third-order valence-electron chi connectivity index (χ3n) is 4.00. The molecule has 126 valence electrons. The highest BCUT2D eigenvalue weighted by molar-refractivity contribution is 5.68. The molecule has 1 aromatic heterocycles. The number of aliphatic hydroxyl groups excluding tert-OH is 2.